The SMILES string of the molecule is CCc1cccc(C)c1N(CCC(=O)NCCCc1ccccc1)C(C)=O. The number of hydrogen-bond donors (Lipinski definition) is 1. The van der Waals surface area contributed by atoms with Crippen LogP contribution in [0.2, 0.25) is 0 Å². The van der Waals surface area contributed by atoms with Gasteiger partial charge in [0.2, 0.25) is 11.8 Å². The smallest absolute Gasteiger partial charge is 0.223 e. The fourth-order valence-electron chi connectivity index (χ4n) is 3.28. The Morgan fingerprint density at radius 3 is 2.44 bits per heavy atom. The number of benzene rings is 2. The van der Waals surface area contributed by atoms with Gasteiger partial charge in [0.25, 0.3) is 0 Å². The lowest BCUT2D eigenvalue weighted by atomic mass is 10.0. The van der Waals surface area contributed by atoms with Crippen LogP contribution in [0.4, 0.5) is 5.69 Å². The van der Waals surface area contributed by atoms with Crippen LogP contribution in [0, 0.1) is 6.92 Å². The number of anilines is 1. The zero-order valence-electron chi connectivity index (χ0n) is 16.6. The van der Waals surface area contributed by atoms with Crippen molar-refractivity contribution >= 4 is 17.5 Å². The van der Waals surface area contributed by atoms with E-state index >= 15 is 0 Å². The van der Waals surface area contributed by atoms with Crippen molar-refractivity contribution in [1.29, 1.82) is 0 Å². The van der Waals surface area contributed by atoms with Gasteiger partial charge in [-0.05, 0) is 42.9 Å². The summed E-state index contributed by atoms with van der Waals surface area (Å²) in [6, 6.07) is 16.3. The maximum atomic E-state index is 12.2. The molecule has 2 aromatic rings. The number of carbonyl (C=O) groups is 2. The third kappa shape index (κ3) is 6.24. The van der Waals surface area contributed by atoms with Crippen LogP contribution in [0.3, 0.4) is 0 Å². The first kappa shape index (κ1) is 20.7. The molecule has 0 saturated carbocycles. The van der Waals surface area contributed by atoms with Crippen molar-refractivity contribution in [3.8, 4) is 0 Å². The average molecular weight is 367 g/mol. The summed E-state index contributed by atoms with van der Waals surface area (Å²) in [5.41, 5.74) is 4.42. The van der Waals surface area contributed by atoms with Gasteiger partial charge >= 0.3 is 0 Å². The Kier molecular flexibility index (Phi) is 8.05. The van der Waals surface area contributed by atoms with E-state index in [4.69, 9.17) is 0 Å². The number of hydrogen-bond acceptors (Lipinski definition) is 2. The van der Waals surface area contributed by atoms with Crippen molar-refractivity contribution in [1.82, 2.24) is 5.32 Å². The van der Waals surface area contributed by atoms with E-state index in [1.807, 2.05) is 43.3 Å². The zero-order chi connectivity index (χ0) is 19.6. The van der Waals surface area contributed by atoms with Crippen molar-refractivity contribution < 1.29 is 9.59 Å². The van der Waals surface area contributed by atoms with Crippen LogP contribution < -0.4 is 10.2 Å². The summed E-state index contributed by atoms with van der Waals surface area (Å²) >= 11 is 0. The normalized spacial score (nSPS) is 10.5. The van der Waals surface area contributed by atoms with Gasteiger partial charge in [-0.15, -0.1) is 0 Å². The molecule has 0 radical (unpaired) electrons. The van der Waals surface area contributed by atoms with Crippen molar-refractivity contribution in [2.75, 3.05) is 18.0 Å². The number of rotatable bonds is 9. The molecular weight excluding hydrogens is 336 g/mol. The van der Waals surface area contributed by atoms with Gasteiger partial charge in [0.15, 0.2) is 0 Å². The number of nitrogens with zero attached hydrogens (tertiary/aromatic N) is 1. The molecule has 1 N–H and O–H groups in total. The van der Waals surface area contributed by atoms with Gasteiger partial charge in [-0.2, -0.15) is 0 Å². The molecule has 0 heterocycles. The Morgan fingerprint density at radius 2 is 1.78 bits per heavy atom. The molecule has 0 atom stereocenters. The summed E-state index contributed by atoms with van der Waals surface area (Å²) in [6.07, 6.45) is 3.02. The minimum absolute atomic E-state index is 0.0130. The van der Waals surface area contributed by atoms with Crippen molar-refractivity contribution in [2.45, 2.75) is 46.5 Å². The monoisotopic (exact) mass is 366 g/mol. The van der Waals surface area contributed by atoms with Gasteiger partial charge in [-0.25, -0.2) is 0 Å². The van der Waals surface area contributed by atoms with Crippen molar-refractivity contribution in [2.24, 2.45) is 0 Å². The highest BCUT2D eigenvalue weighted by Gasteiger charge is 2.18. The third-order valence-corrected chi connectivity index (χ3v) is 4.72. The largest absolute Gasteiger partial charge is 0.356 e. The molecule has 144 valence electrons. The number of para-hydroxylation sites is 1. The summed E-state index contributed by atoms with van der Waals surface area (Å²) in [4.78, 5) is 26.1. The van der Waals surface area contributed by atoms with Crippen molar-refractivity contribution in [3.63, 3.8) is 0 Å². The molecule has 0 aliphatic rings. The second-order valence-corrected chi connectivity index (χ2v) is 6.80. The van der Waals surface area contributed by atoms with Gasteiger partial charge in [-0.1, -0.05) is 55.5 Å². The molecule has 0 bridgehead atoms. The first-order chi connectivity index (χ1) is 13.0. The van der Waals surface area contributed by atoms with Crippen LogP contribution in [-0.2, 0) is 22.4 Å². The highest BCUT2D eigenvalue weighted by atomic mass is 16.2. The quantitative estimate of drug-likeness (QED) is 0.681. The van der Waals surface area contributed by atoms with Crippen molar-refractivity contribution in [3.05, 3.63) is 65.2 Å². The Balaban J connectivity index is 1.85. The Bertz CT molecular complexity index is 756. The molecule has 0 spiro atoms. The number of amides is 2. The molecule has 27 heavy (non-hydrogen) atoms. The highest BCUT2D eigenvalue weighted by molar-refractivity contribution is 5.94. The third-order valence-electron chi connectivity index (χ3n) is 4.72. The summed E-state index contributed by atoms with van der Waals surface area (Å²) in [6.45, 7) is 6.70. The molecule has 0 aliphatic carbocycles. The van der Waals surface area contributed by atoms with E-state index in [1.165, 1.54) is 5.56 Å². The first-order valence-electron chi connectivity index (χ1n) is 9.70. The number of carbonyl (C=O) groups excluding carboxylic acids is 2. The standard InChI is InChI=1S/C23H30N2O2/c1-4-21-14-8-10-18(2)23(21)25(19(3)26)17-15-22(27)24-16-9-13-20-11-6-5-7-12-20/h5-8,10-12,14H,4,9,13,15-17H2,1-3H3,(H,24,27). The predicted octanol–water partition coefficient (Wildman–Crippen LogP) is 4.05. The lowest BCUT2D eigenvalue weighted by Gasteiger charge is -2.25. The summed E-state index contributed by atoms with van der Waals surface area (Å²) in [5.74, 6) is -0.0446. The Hall–Kier alpha value is -2.62. The summed E-state index contributed by atoms with van der Waals surface area (Å²) in [7, 11) is 0. The van der Waals surface area contributed by atoms with Gasteiger partial charge < -0.3 is 10.2 Å². The van der Waals surface area contributed by atoms with Crippen LogP contribution in [0.25, 0.3) is 0 Å². The van der Waals surface area contributed by atoms with Gasteiger partial charge in [-0.3, -0.25) is 9.59 Å². The maximum absolute atomic E-state index is 12.2. The van der Waals surface area contributed by atoms with Crippen LogP contribution in [0.1, 0.15) is 43.4 Å². The summed E-state index contributed by atoms with van der Waals surface area (Å²) in [5, 5.41) is 2.96. The van der Waals surface area contributed by atoms with E-state index in [9.17, 15) is 9.59 Å². The molecule has 0 fully saturated rings. The molecule has 0 saturated heterocycles. The second kappa shape index (κ2) is 10.5. The van der Waals surface area contributed by atoms with Crippen LogP contribution >= 0.6 is 0 Å². The average Bonchev–Trinajstić information content (AvgIpc) is 2.67. The molecule has 2 rings (SSSR count). The lowest BCUT2D eigenvalue weighted by Crippen LogP contribution is -2.35. The minimum atomic E-state index is -0.0316. The Morgan fingerprint density at radius 1 is 1.04 bits per heavy atom. The van der Waals surface area contributed by atoms with Gasteiger partial charge in [0.1, 0.15) is 0 Å². The van der Waals surface area contributed by atoms with E-state index in [0.29, 0.717) is 19.5 Å². The van der Waals surface area contributed by atoms with E-state index < -0.39 is 0 Å². The topological polar surface area (TPSA) is 49.4 Å². The Labute approximate surface area is 162 Å². The molecule has 0 aliphatic heterocycles. The minimum Gasteiger partial charge on any atom is -0.356 e. The molecule has 0 aromatic heterocycles. The van der Waals surface area contributed by atoms with Gasteiger partial charge in [0.05, 0.1) is 0 Å². The predicted molar refractivity (Wildman–Crippen MR) is 111 cm³/mol. The molecular formula is C23H30N2O2. The van der Waals surface area contributed by atoms with E-state index in [1.54, 1.807) is 11.8 Å². The molecule has 2 aromatic carbocycles. The van der Waals surface area contributed by atoms with E-state index in [-0.39, 0.29) is 11.8 Å². The van der Waals surface area contributed by atoms with E-state index in [2.05, 4.69) is 24.4 Å². The van der Waals surface area contributed by atoms with E-state index in [0.717, 1.165) is 36.1 Å². The fourth-order valence-corrected chi connectivity index (χ4v) is 3.28. The second-order valence-electron chi connectivity index (χ2n) is 6.80. The molecule has 2 amide bonds. The van der Waals surface area contributed by atoms with Gasteiger partial charge in [0, 0.05) is 32.1 Å². The van der Waals surface area contributed by atoms with Crippen LogP contribution in [0.5, 0.6) is 0 Å². The number of aryl methyl sites for hydroxylation is 3. The summed E-state index contributed by atoms with van der Waals surface area (Å²) < 4.78 is 0. The molecule has 0 unspecified atom stereocenters. The molecule has 4 heteroatoms. The maximum Gasteiger partial charge on any atom is 0.223 e. The van der Waals surface area contributed by atoms with Crippen LogP contribution in [0.15, 0.2) is 48.5 Å². The van der Waals surface area contributed by atoms with Crippen LogP contribution in [-0.4, -0.2) is 24.9 Å². The molecule has 4 nitrogen and oxygen atoms in total. The fraction of sp³-hybridized carbons (Fsp3) is 0.391. The number of nitrogens with one attached hydrogen (secondary N) is 1. The first-order valence-corrected chi connectivity index (χ1v) is 9.70. The highest BCUT2D eigenvalue weighted by Crippen LogP contribution is 2.26. The lowest BCUT2D eigenvalue weighted by molar-refractivity contribution is -0.121. The zero-order valence-corrected chi connectivity index (χ0v) is 16.6.